The van der Waals surface area contributed by atoms with Crippen molar-refractivity contribution < 1.29 is 34.2 Å². The molecule has 15 heavy (non-hydrogen) atoms. The average Bonchev–Trinajstić information content (AvgIpc) is 2.14. The van der Waals surface area contributed by atoms with Gasteiger partial charge in [0.2, 0.25) is 5.91 Å². The van der Waals surface area contributed by atoms with Gasteiger partial charge in [-0.1, -0.05) is 32.6 Å². The van der Waals surface area contributed by atoms with E-state index in [9.17, 15) is 9.59 Å². The van der Waals surface area contributed by atoms with Crippen molar-refractivity contribution in [2.75, 3.05) is 6.54 Å². The Labute approximate surface area is 104 Å². The number of nitrogens with one attached hydrogen (secondary N) is 1. The number of amides is 1. The molecule has 0 aromatic rings. The zero-order chi connectivity index (χ0) is 10.8. The van der Waals surface area contributed by atoms with Crippen LogP contribution in [-0.2, 0) is 29.1 Å². The van der Waals surface area contributed by atoms with Gasteiger partial charge in [0.25, 0.3) is 0 Å². The van der Waals surface area contributed by atoms with E-state index in [2.05, 4.69) is 12.2 Å². The van der Waals surface area contributed by atoms with Gasteiger partial charge in [0.15, 0.2) is 0 Å². The SMILES string of the molecule is CCCCCCCC(=O)NCC(=O)O.[Zn]. The van der Waals surface area contributed by atoms with E-state index in [1.165, 1.54) is 12.8 Å². The van der Waals surface area contributed by atoms with Gasteiger partial charge in [0, 0.05) is 25.9 Å². The third-order valence-electron chi connectivity index (χ3n) is 1.94. The minimum Gasteiger partial charge on any atom is -0.480 e. The summed E-state index contributed by atoms with van der Waals surface area (Å²) in [7, 11) is 0. The van der Waals surface area contributed by atoms with Gasteiger partial charge in [-0.05, 0) is 6.42 Å². The van der Waals surface area contributed by atoms with Crippen LogP contribution >= 0.6 is 0 Å². The summed E-state index contributed by atoms with van der Waals surface area (Å²) in [6.07, 6.45) is 5.89. The van der Waals surface area contributed by atoms with Gasteiger partial charge < -0.3 is 10.4 Å². The van der Waals surface area contributed by atoms with Crippen molar-refractivity contribution in [3.8, 4) is 0 Å². The molecule has 5 heteroatoms. The first-order valence-corrected chi connectivity index (χ1v) is 5.15. The quantitative estimate of drug-likeness (QED) is 0.517. The third-order valence-corrected chi connectivity index (χ3v) is 1.94. The summed E-state index contributed by atoms with van der Waals surface area (Å²) in [5, 5.41) is 10.6. The summed E-state index contributed by atoms with van der Waals surface area (Å²) in [6.45, 7) is 1.87. The molecule has 0 radical (unpaired) electrons. The van der Waals surface area contributed by atoms with Gasteiger partial charge in [-0.15, -0.1) is 0 Å². The van der Waals surface area contributed by atoms with Gasteiger partial charge >= 0.3 is 5.97 Å². The Bertz CT molecular complexity index is 186. The molecule has 0 aliphatic rings. The van der Waals surface area contributed by atoms with Crippen LogP contribution < -0.4 is 5.32 Å². The molecule has 0 aliphatic heterocycles. The number of carbonyl (C=O) groups is 2. The van der Waals surface area contributed by atoms with Gasteiger partial charge in [0.1, 0.15) is 6.54 Å². The maximum atomic E-state index is 11.0. The van der Waals surface area contributed by atoms with E-state index in [4.69, 9.17) is 5.11 Å². The molecule has 1 amide bonds. The molecule has 0 aromatic carbocycles. The summed E-state index contributed by atoms with van der Waals surface area (Å²) in [5.41, 5.74) is 0. The molecule has 0 saturated carbocycles. The van der Waals surface area contributed by atoms with E-state index in [1.807, 2.05) is 0 Å². The van der Waals surface area contributed by atoms with Gasteiger partial charge in [0.05, 0.1) is 0 Å². The summed E-state index contributed by atoms with van der Waals surface area (Å²) >= 11 is 0. The van der Waals surface area contributed by atoms with Crippen molar-refractivity contribution >= 4 is 11.9 Å². The Kier molecular flexibility index (Phi) is 13.2. The number of unbranched alkanes of at least 4 members (excludes halogenated alkanes) is 4. The molecule has 0 saturated heterocycles. The van der Waals surface area contributed by atoms with E-state index >= 15 is 0 Å². The number of carboxylic acid groups (broad SMARTS) is 1. The molecular formula is C10H19NO3Zn. The topological polar surface area (TPSA) is 66.4 Å². The Balaban J connectivity index is 0. The van der Waals surface area contributed by atoms with Crippen LogP contribution in [0, 0.1) is 0 Å². The van der Waals surface area contributed by atoms with Gasteiger partial charge in [-0.3, -0.25) is 9.59 Å². The molecule has 0 spiro atoms. The Hall–Kier alpha value is -0.437. The Morgan fingerprint density at radius 1 is 1.13 bits per heavy atom. The molecule has 2 N–H and O–H groups in total. The molecule has 84 valence electrons. The maximum absolute atomic E-state index is 11.0. The second-order valence-electron chi connectivity index (χ2n) is 3.33. The number of aliphatic carboxylic acids is 1. The van der Waals surface area contributed by atoms with Gasteiger partial charge in [-0.25, -0.2) is 0 Å². The first-order chi connectivity index (χ1) is 6.66. The fourth-order valence-electron chi connectivity index (χ4n) is 1.15. The van der Waals surface area contributed by atoms with Crippen LogP contribution in [0.2, 0.25) is 0 Å². The van der Waals surface area contributed by atoms with Crippen molar-refractivity contribution in [2.45, 2.75) is 45.4 Å². The molecule has 4 nitrogen and oxygen atoms in total. The van der Waals surface area contributed by atoms with Crippen LogP contribution in [0.1, 0.15) is 45.4 Å². The Morgan fingerprint density at radius 2 is 1.73 bits per heavy atom. The number of carboxylic acids is 1. The zero-order valence-electron chi connectivity index (χ0n) is 9.42. The van der Waals surface area contributed by atoms with Crippen LogP contribution in [0.5, 0.6) is 0 Å². The van der Waals surface area contributed by atoms with Crippen molar-refractivity contribution in [2.24, 2.45) is 0 Å². The third kappa shape index (κ3) is 13.6. The molecular weight excluding hydrogens is 248 g/mol. The van der Waals surface area contributed by atoms with E-state index in [0.29, 0.717) is 6.42 Å². The minimum atomic E-state index is -0.996. The number of hydrogen-bond donors (Lipinski definition) is 2. The summed E-state index contributed by atoms with van der Waals surface area (Å²) < 4.78 is 0. The largest absolute Gasteiger partial charge is 0.480 e. The second-order valence-corrected chi connectivity index (χ2v) is 3.33. The molecule has 0 aromatic heterocycles. The monoisotopic (exact) mass is 265 g/mol. The van der Waals surface area contributed by atoms with Crippen molar-refractivity contribution in [3.63, 3.8) is 0 Å². The second kappa shape index (κ2) is 11.6. The predicted octanol–water partition coefficient (Wildman–Crippen LogP) is 1.55. The smallest absolute Gasteiger partial charge is 0.322 e. The van der Waals surface area contributed by atoms with Gasteiger partial charge in [-0.2, -0.15) is 0 Å². The number of hydrogen-bond acceptors (Lipinski definition) is 2. The van der Waals surface area contributed by atoms with Crippen LogP contribution in [0.25, 0.3) is 0 Å². The molecule has 0 atom stereocenters. The minimum absolute atomic E-state index is 0. The van der Waals surface area contributed by atoms with E-state index < -0.39 is 5.97 Å². The van der Waals surface area contributed by atoms with E-state index in [1.54, 1.807) is 0 Å². The standard InChI is InChI=1S/C10H19NO3.Zn/c1-2-3-4-5-6-7-9(12)11-8-10(13)14;/h2-8H2,1H3,(H,11,12)(H,13,14);. The molecule has 0 aliphatic carbocycles. The molecule has 0 unspecified atom stereocenters. The van der Waals surface area contributed by atoms with Crippen LogP contribution in [0.4, 0.5) is 0 Å². The number of carbonyl (C=O) groups excluding carboxylic acids is 1. The summed E-state index contributed by atoms with van der Waals surface area (Å²) in [5.74, 6) is -1.16. The summed E-state index contributed by atoms with van der Waals surface area (Å²) in [6, 6.07) is 0. The molecule has 0 rings (SSSR count). The predicted molar refractivity (Wildman–Crippen MR) is 54.0 cm³/mol. The molecule has 0 bridgehead atoms. The fourth-order valence-corrected chi connectivity index (χ4v) is 1.15. The first-order valence-electron chi connectivity index (χ1n) is 5.15. The number of rotatable bonds is 8. The molecule has 0 heterocycles. The van der Waals surface area contributed by atoms with Crippen molar-refractivity contribution in [3.05, 3.63) is 0 Å². The average molecular weight is 267 g/mol. The van der Waals surface area contributed by atoms with Crippen LogP contribution in [0.3, 0.4) is 0 Å². The zero-order valence-corrected chi connectivity index (χ0v) is 12.4. The van der Waals surface area contributed by atoms with Crippen LogP contribution in [-0.4, -0.2) is 23.5 Å². The molecule has 0 fully saturated rings. The van der Waals surface area contributed by atoms with Crippen LogP contribution in [0.15, 0.2) is 0 Å². The first kappa shape index (κ1) is 17.0. The van der Waals surface area contributed by atoms with E-state index in [-0.39, 0.29) is 31.9 Å². The fraction of sp³-hybridized carbons (Fsp3) is 0.800. The van der Waals surface area contributed by atoms with E-state index in [0.717, 1.165) is 19.3 Å². The Morgan fingerprint density at radius 3 is 2.27 bits per heavy atom. The maximum Gasteiger partial charge on any atom is 0.322 e. The summed E-state index contributed by atoms with van der Waals surface area (Å²) in [4.78, 5) is 21.1. The van der Waals surface area contributed by atoms with Crippen molar-refractivity contribution in [1.29, 1.82) is 0 Å². The normalized spacial score (nSPS) is 9.13. The van der Waals surface area contributed by atoms with Crippen molar-refractivity contribution in [1.82, 2.24) is 5.32 Å².